The van der Waals surface area contributed by atoms with Gasteiger partial charge in [-0.15, -0.1) is 0 Å². The normalized spacial score (nSPS) is 17.1. The fourth-order valence-electron chi connectivity index (χ4n) is 5.14. The number of rotatable bonds is 2. The van der Waals surface area contributed by atoms with E-state index in [1.807, 2.05) is 0 Å². The van der Waals surface area contributed by atoms with E-state index in [1.54, 1.807) is 0 Å². The van der Waals surface area contributed by atoms with Crippen LogP contribution in [0.1, 0.15) is 12.8 Å². The Hall–Kier alpha value is -3.08. The van der Waals surface area contributed by atoms with Gasteiger partial charge in [0.2, 0.25) is 0 Å². The van der Waals surface area contributed by atoms with Crippen molar-refractivity contribution >= 4 is 32.9 Å². The fourth-order valence-corrected chi connectivity index (χ4v) is 5.14. The maximum Gasteiger partial charge on any atom is 0.0446 e. The molecule has 1 saturated heterocycles. The minimum absolute atomic E-state index is 1.00. The highest BCUT2D eigenvalue weighted by atomic mass is 15.2. The molecule has 0 unspecified atom stereocenters. The molecule has 4 heteroatoms. The second-order valence-electron chi connectivity index (χ2n) is 9.18. The average molecular weight is 453 g/mol. The predicted octanol–water partition coefficient (Wildman–Crippen LogP) is 5.28. The van der Waals surface area contributed by atoms with E-state index in [0.29, 0.717) is 0 Å². The molecule has 1 aliphatic heterocycles. The second-order valence-corrected chi connectivity index (χ2v) is 9.18. The van der Waals surface area contributed by atoms with Gasteiger partial charge in [0.15, 0.2) is 0 Å². The molecule has 0 bridgehead atoms. The zero-order valence-corrected chi connectivity index (χ0v) is 20.0. The Morgan fingerprint density at radius 1 is 0.441 bits per heavy atom. The van der Waals surface area contributed by atoms with Gasteiger partial charge in [-0.2, -0.15) is 0 Å². The topological polar surface area (TPSA) is 30.5 Å². The van der Waals surface area contributed by atoms with Crippen molar-refractivity contribution in [1.29, 1.82) is 0 Å². The molecular weight excluding hydrogens is 416 g/mol. The minimum atomic E-state index is 1.00. The zero-order valence-electron chi connectivity index (χ0n) is 20.0. The van der Waals surface area contributed by atoms with Gasteiger partial charge >= 0.3 is 0 Å². The Morgan fingerprint density at radius 3 is 1.38 bits per heavy atom. The summed E-state index contributed by atoms with van der Waals surface area (Å²) < 4.78 is 0. The highest BCUT2D eigenvalue weighted by molar-refractivity contribution is 5.95. The molecule has 0 radical (unpaired) electrons. The molecule has 4 aromatic rings. The van der Waals surface area contributed by atoms with Crippen LogP contribution in [0.4, 0.5) is 11.4 Å². The standard InChI is InChI=1S/C30H36N4/c1-3-13-27-25(9-1)11-5-15-29(27)33-21-7-17-32-20-24-34(22-8-18-31-19-23-33)30-16-6-12-26-10-2-4-14-28(26)30/h1-6,9-16,31-32H,7-8,17-24H2. The van der Waals surface area contributed by atoms with Crippen LogP contribution in [-0.2, 0) is 0 Å². The molecule has 34 heavy (non-hydrogen) atoms. The number of hydrogen-bond donors (Lipinski definition) is 2. The van der Waals surface area contributed by atoms with Gasteiger partial charge in [0.25, 0.3) is 0 Å². The molecule has 4 aromatic carbocycles. The summed E-state index contributed by atoms with van der Waals surface area (Å²) in [5.41, 5.74) is 2.71. The van der Waals surface area contributed by atoms with Crippen molar-refractivity contribution in [3.63, 3.8) is 0 Å². The predicted molar refractivity (Wildman–Crippen MR) is 147 cm³/mol. The SMILES string of the molecule is c1ccc2c(N3CCCNCCN(c4cccc5ccccc45)CCCNCC3)cccc2c1. The van der Waals surface area contributed by atoms with Crippen LogP contribution in [0.25, 0.3) is 21.5 Å². The summed E-state index contributed by atoms with van der Waals surface area (Å²) in [4.78, 5) is 5.12. The molecule has 1 aliphatic rings. The van der Waals surface area contributed by atoms with Gasteiger partial charge in [-0.05, 0) is 48.8 Å². The number of hydrogen-bond acceptors (Lipinski definition) is 4. The smallest absolute Gasteiger partial charge is 0.0446 e. The highest BCUT2D eigenvalue weighted by Gasteiger charge is 2.12. The van der Waals surface area contributed by atoms with Gasteiger partial charge in [-0.1, -0.05) is 72.8 Å². The summed E-state index contributed by atoms with van der Waals surface area (Å²) in [5.74, 6) is 0. The largest absolute Gasteiger partial charge is 0.370 e. The minimum Gasteiger partial charge on any atom is -0.370 e. The monoisotopic (exact) mass is 452 g/mol. The van der Waals surface area contributed by atoms with Crippen LogP contribution < -0.4 is 20.4 Å². The summed E-state index contributed by atoms with van der Waals surface area (Å²) in [5, 5.41) is 12.8. The molecule has 0 amide bonds. The first-order valence-corrected chi connectivity index (χ1v) is 12.8. The Balaban J connectivity index is 1.26. The molecule has 0 aliphatic carbocycles. The van der Waals surface area contributed by atoms with Crippen molar-refractivity contribution in [1.82, 2.24) is 10.6 Å². The number of nitrogens with one attached hydrogen (secondary N) is 2. The first-order chi connectivity index (χ1) is 16.9. The molecule has 1 heterocycles. The van der Waals surface area contributed by atoms with Crippen LogP contribution in [0, 0.1) is 0 Å². The molecule has 2 N–H and O–H groups in total. The van der Waals surface area contributed by atoms with Crippen LogP contribution in [0.15, 0.2) is 84.9 Å². The van der Waals surface area contributed by atoms with Gasteiger partial charge in [-0.3, -0.25) is 0 Å². The average Bonchev–Trinajstić information content (AvgIpc) is 2.89. The van der Waals surface area contributed by atoms with E-state index in [9.17, 15) is 0 Å². The summed E-state index contributed by atoms with van der Waals surface area (Å²) in [6.45, 7) is 8.28. The molecule has 0 saturated carbocycles. The summed E-state index contributed by atoms with van der Waals surface area (Å²) >= 11 is 0. The number of fused-ring (bicyclic) bond motifs is 2. The van der Waals surface area contributed by atoms with Gasteiger partial charge < -0.3 is 20.4 Å². The number of anilines is 2. The van der Waals surface area contributed by atoms with E-state index >= 15 is 0 Å². The third-order valence-corrected chi connectivity index (χ3v) is 6.89. The number of nitrogens with zero attached hydrogens (tertiary/aromatic N) is 2. The van der Waals surface area contributed by atoms with Crippen molar-refractivity contribution < 1.29 is 0 Å². The molecular formula is C30H36N4. The first kappa shape index (κ1) is 22.7. The Morgan fingerprint density at radius 2 is 0.882 bits per heavy atom. The van der Waals surface area contributed by atoms with Gasteiger partial charge in [0.05, 0.1) is 0 Å². The maximum atomic E-state index is 3.71. The fraction of sp³-hybridized carbons (Fsp3) is 0.333. The summed E-state index contributed by atoms with van der Waals surface area (Å²) in [6, 6.07) is 30.9. The van der Waals surface area contributed by atoms with Gasteiger partial charge in [0.1, 0.15) is 0 Å². The zero-order chi connectivity index (χ0) is 23.0. The van der Waals surface area contributed by atoms with Crippen molar-refractivity contribution in [2.45, 2.75) is 12.8 Å². The van der Waals surface area contributed by atoms with E-state index in [-0.39, 0.29) is 0 Å². The third-order valence-electron chi connectivity index (χ3n) is 6.89. The molecule has 1 fully saturated rings. The lowest BCUT2D eigenvalue weighted by atomic mass is 10.1. The van der Waals surface area contributed by atoms with E-state index in [0.717, 1.165) is 65.2 Å². The molecule has 5 rings (SSSR count). The highest BCUT2D eigenvalue weighted by Crippen LogP contribution is 2.28. The van der Waals surface area contributed by atoms with E-state index in [1.165, 1.54) is 32.9 Å². The van der Waals surface area contributed by atoms with Gasteiger partial charge in [-0.25, -0.2) is 0 Å². The molecule has 0 spiro atoms. The van der Waals surface area contributed by atoms with Crippen molar-refractivity contribution in [2.75, 3.05) is 62.2 Å². The molecule has 176 valence electrons. The summed E-state index contributed by atoms with van der Waals surface area (Å²) in [7, 11) is 0. The Bertz CT molecular complexity index is 1080. The maximum absolute atomic E-state index is 3.71. The van der Waals surface area contributed by atoms with E-state index in [4.69, 9.17) is 0 Å². The summed E-state index contributed by atoms with van der Waals surface area (Å²) in [6.07, 6.45) is 2.27. The lowest BCUT2D eigenvalue weighted by Crippen LogP contribution is -2.38. The second kappa shape index (κ2) is 11.4. The van der Waals surface area contributed by atoms with Crippen molar-refractivity contribution in [3.8, 4) is 0 Å². The van der Waals surface area contributed by atoms with Crippen LogP contribution in [0.2, 0.25) is 0 Å². The van der Waals surface area contributed by atoms with E-state index in [2.05, 4.69) is 105 Å². The van der Waals surface area contributed by atoms with E-state index < -0.39 is 0 Å². The molecule has 0 atom stereocenters. The van der Waals surface area contributed by atoms with Crippen LogP contribution in [0.3, 0.4) is 0 Å². The van der Waals surface area contributed by atoms with Crippen LogP contribution in [0.5, 0.6) is 0 Å². The van der Waals surface area contributed by atoms with Gasteiger partial charge in [0, 0.05) is 61.4 Å². The lowest BCUT2D eigenvalue weighted by Gasteiger charge is -2.29. The lowest BCUT2D eigenvalue weighted by molar-refractivity contribution is 0.578. The van der Waals surface area contributed by atoms with Crippen LogP contribution in [-0.4, -0.2) is 52.4 Å². The Kier molecular flexibility index (Phi) is 7.59. The first-order valence-electron chi connectivity index (χ1n) is 12.8. The van der Waals surface area contributed by atoms with Crippen LogP contribution >= 0.6 is 0 Å². The Labute approximate surface area is 203 Å². The van der Waals surface area contributed by atoms with Crippen molar-refractivity contribution in [3.05, 3.63) is 84.9 Å². The molecule has 0 aromatic heterocycles. The third kappa shape index (κ3) is 5.35. The van der Waals surface area contributed by atoms with Crippen molar-refractivity contribution in [2.24, 2.45) is 0 Å². The quantitative estimate of drug-likeness (QED) is 0.433. The number of benzene rings is 4. The molecule has 4 nitrogen and oxygen atoms in total.